The van der Waals surface area contributed by atoms with Crippen molar-refractivity contribution in [2.75, 3.05) is 27.3 Å². The number of nitrogens with zero attached hydrogens (tertiary/aromatic N) is 2. The van der Waals surface area contributed by atoms with Gasteiger partial charge in [-0.25, -0.2) is 4.98 Å². The lowest BCUT2D eigenvalue weighted by molar-refractivity contribution is -0.120. The van der Waals surface area contributed by atoms with Crippen molar-refractivity contribution in [3.63, 3.8) is 0 Å². The highest BCUT2D eigenvalue weighted by Gasteiger charge is 2.23. The Morgan fingerprint density at radius 1 is 0.774 bits per heavy atom. The van der Waals surface area contributed by atoms with Crippen LogP contribution in [0, 0.1) is 0 Å². The van der Waals surface area contributed by atoms with E-state index in [1.54, 1.807) is 20.4 Å². The number of methoxy groups -OCH3 is 2. The standard InChI is InChI=1S/C40H39Cl3N6O4/c1-52-33-17-22(6-7-23(33)18-44-20-25-8-12-34(50)47-25)38-37(43)28(14-15-46-38)27-4-3-5-29(36(27)42)32-11-10-30-39(49-32)31(41)16-24(40(30)53-2)19-45-21-26-9-13-35(51)48-26/h3-7,10-11,14-17,25-26,44-45H,8-9,12-13,18-21H2,1-2H3,(H,47,50)(H,48,51). The van der Waals surface area contributed by atoms with E-state index in [1.165, 1.54) is 0 Å². The van der Waals surface area contributed by atoms with E-state index in [-0.39, 0.29) is 23.9 Å². The van der Waals surface area contributed by atoms with Crippen LogP contribution in [0.4, 0.5) is 0 Å². The van der Waals surface area contributed by atoms with Crippen LogP contribution in [0.15, 0.2) is 66.9 Å². The highest BCUT2D eigenvalue weighted by Crippen LogP contribution is 2.43. The zero-order valence-corrected chi connectivity index (χ0v) is 31.6. The second-order valence-corrected chi connectivity index (χ2v) is 14.4. The number of hydrogen-bond donors (Lipinski definition) is 4. The molecule has 4 heterocycles. The van der Waals surface area contributed by atoms with Gasteiger partial charge in [0.1, 0.15) is 11.5 Å². The van der Waals surface area contributed by atoms with Crippen molar-refractivity contribution < 1.29 is 19.1 Å². The van der Waals surface area contributed by atoms with Gasteiger partial charge < -0.3 is 30.7 Å². The second kappa shape index (κ2) is 16.3. The second-order valence-electron chi connectivity index (χ2n) is 13.2. The summed E-state index contributed by atoms with van der Waals surface area (Å²) in [7, 11) is 3.27. The molecule has 0 aliphatic carbocycles. The Balaban J connectivity index is 1.13. The molecule has 2 fully saturated rings. The smallest absolute Gasteiger partial charge is 0.220 e. The molecule has 2 atom stereocenters. The monoisotopic (exact) mass is 772 g/mol. The van der Waals surface area contributed by atoms with Crippen LogP contribution >= 0.6 is 34.8 Å². The van der Waals surface area contributed by atoms with Crippen LogP contribution in [0.5, 0.6) is 11.5 Å². The van der Waals surface area contributed by atoms with Crippen molar-refractivity contribution in [1.29, 1.82) is 0 Å². The molecule has 7 rings (SSSR count). The lowest BCUT2D eigenvalue weighted by Crippen LogP contribution is -2.35. The van der Waals surface area contributed by atoms with Gasteiger partial charge in [0.15, 0.2) is 0 Å². The van der Waals surface area contributed by atoms with Gasteiger partial charge in [0.25, 0.3) is 0 Å². The van der Waals surface area contributed by atoms with Crippen LogP contribution < -0.4 is 30.7 Å². The zero-order chi connectivity index (χ0) is 37.1. The van der Waals surface area contributed by atoms with Gasteiger partial charge in [-0.05, 0) is 43.2 Å². The lowest BCUT2D eigenvalue weighted by Gasteiger charge is -2.17. The Bertz CT molecular complexity index is 2200. The number of amides is 2. The van der Waals surface area contributed by atoms with Crippen molar-refractivity contribution >= 4 is 57.5 Å². The third-order valence-corrected chi connectivity index (χ3v) is 10.8. The van der Waals surface area contributed by atoms with Crippen molar-refractivity contribution in [3.05, 3.63) is 93.1 Å². The number of nitrogens with one attached hydrogen (secondary N) is 4. The van der Waals surface area contributed by atoms with Crippen LogP contribution in [-0.4, -0.2) is 61.2 Å². The third-order valence-electron chi connectivity index (χ3n) is 9.76. The van der Waals surface area contributed by atoms with E-state index in [0.29, 0.717) is 82.5 Å². The topological polar surface area (TPSA) is 126 Å². The Morgan fingerprint density at radius 3 is 2.11 bits per heavy atom. The molecular formula is C40H39Cl3N6O4. The number of rotatable bonds is 13. The van der Waals surface area contributed by atoms with Crippen molar-refractivity contribution in [3.8, 4) is 45.1 Å². The number of carbonyl (C=O) groups excluding carboxylic acids is 2. The molecule has 10 nitrogen and oxygen atoms in total. The van der Waals surface area contributed by atoms with Gasteiger partial charge in [0.2, 0.25) is 11.8 Å². The number of ether oxygens (including phenoxy) is 2. The molecule has 0 radical (unpaired) electrons. The molecule has 2 aromatic heterocycles. The Hall–Kier alpha value is -4.45. The van der Waals surface area contributed by atoms with Crippen molar-refractivity contribution in [1.82, 2.24) is 31.2 Å². The predicted molar refractivity (Wildman–Crippen MR) is 210 cm³/mol. The summed E-state index contributed by atoms with van der Waals surface area (Å²) >= 11 is 21.1. The molecule has 2 aliphatic heterocycles. The first-order valence-electron chi connectivity index (χ1n) is 17.5. The third kappa shape index (κ3) is 7.93. The number of hydrogen-bond acceptors (Lipinski definition) is 8. The summed E-state index contributed by atoms with van der Waals surface area (Å²) in [6.07, 6.45) is 4.50. The average molecular weight is 774 g/mol. The number of carbonyl (C=O) groups is 2. The number of halogens is 3. The summed E-state index contributed by atoms with van der Waals surface area (Å²) in [6, 6.07) is 19.5. The quantitative estimate of drug-likeness (QED) is 0.0980. The Morgan fingerprint density at radius 2 is 1.45 bits per heavy atom. The minimum Gasteiger partial charge on any atom is -0.496 e. The SMILES string of the molecule is COc1cc(-c2nccc(-c3cccc(-c4ccc5c(OC)c(CNCC6CCC(=O)N6)cc(Cl)c5n4)c3Cl)c2Cl)ccc1CNCC1CCC(=O)N1. The maximum Gasteiger partial charge on any atom is 0.220 e. The van der Waals surface area contributed by atoms with Crippen LogP contribution in [-0.2, 0) is 22.7 Å². The lowest BCUT2D eigenvalue weighted by atomic mass is 9.99. The zero-order valence-electron chi connectivity index (χ0n) is 29.3. The van der Waals surface area contributed by atoms with Gasteiger partial charge >= 0.3 is 0 Å². The first-order chi connectivity index (χ1) is 25.7. The van der Waals surface area contributed by atoms with E-state index in [1.807, 2.05) is 60.7 Å². The fraction of sp³-hybridized carbons (Fsp3) is 0.300. The molecule has 2 unspecified atom stereocenters. The first kappa shape index (κ1) is 36.9. The summed E-state index contributed by atoms with van der Waals surface area (Å²) in [6.45, 7) is 2.44. The van der Waals surface area contributed by atoms with E-state index in [0.717, 1.165) is 51.6 Å². The van der Waals surface area contributed by atoms with E-state index < -0.39 is 0 Å². The molecule has 4 N–H and O–H groups in total. The van der Waals surface area contributed by atoms with Crippen molar-refractivity contribution in [2.45, 2.75) is 50.9 Å². The molecule has 274 valence electrons. The van der Waals surface area contributed by atoms with Crippen LogP contribution in [0.1, 0.15) is 36.8 Å². The molecule has 2 aliphatic rings. The van der Waals surface area contributed by atoms with Gasteiger partial charge in [0, 0.05) is 96.1 Å². The molecule has 0 saturated carbocycles. The Labute approximate surface area is 322 Å². The molecule has 0 bridgehead atoms. The van der Waals surface area contributed by atoms with E-state index >= 15 is 0 Å². The molecule has 5 aromatic rings. The molecule has 53 heavy (non-hydrogen) atoms. The number of benzene rings is 3. The molecule has 13 heteroatoms. The highest BCUT2D eigenvalue weighted by molar-refractivity contribution is 6.39. The molecule has 2 saturated heterocycles. The van der Waals surface area contributed by atoms with Gasteiger partial charge in [-0.15, -0.1) is 0 Å². The van der Waals surface area contributed by atoms with Gasteiger partial charge in [-0.3, -0.25) is 14.6 Å². The fourth-order valence-electron chi connectivity index (χ4n) is 7.06. The van der Waals surface area contributed by atoms with Gasteiger partial charge in [-0.2, -0.15) is 0 Å². The van der Waals surface area contributed by atoms with Crippen LogP contribution in [0.2, 0.25) is 15.1 Å². The molecule has 3 aromatic carbocycles. The molecular weight excluding hydrogens is 735 g/mol. The fourth-order valence-corrected chi connectivity index (χ4v) is 7.98. The van der Waals surface area contributed by atoms with Crippen LogP contribution in [0.25, 0.3) is 44.5 Å². The largest absolute Gasteiger partial charge is 0.496 e. The normalized spacial score (nSPS) is 16.9. The number of pyridine rings is 2. The summed E-state index contributed by atoms with van der Waals surface area (Å²) in [4.78, 5) is 32.7. The van der Waals surface area contributed by atoms with E-state index in [2.05, 4.69) is 26.3 Å². The van der Waals surface area contributed by atoms with Crippen LogP contribution in [0.3, 0.4) is 0 Å². The minimum absolute atomic E-state index is 0.0882. The van der Waals surface area contributed by atoms with E-state index in [4.69, 9.17) is 49.3 Å². The van der Waals surface area contributed by atoms with Gasteiger partial charge in [-0.1, -0.05) is 65.1 Å². The summed E-state index contributed by atoms with van der Waals surface area (Å²) in [5, 5.41) is 15.0. The maximum atomic E-state index is 11.6. The minimum atomic E-state index is 0.0882. The molecule has 2 amide bonds. The summed E-state index contributed by atoms with van der Waals surface area (Å²) in [5.74, 6) is 1.57. The maximum absolute atomic E-state index is 11.6. The molecule has 0 spiro atoms. The summed E-state index contributed by atoms with van der Waals surface area (Å²) in [5.41, 5.74) is 6.68. The van der Waals surface area contributed by atoms with E-state index in [9.17, 15) is 9.59 Å². The summed E-state index contributed by atoms with van der Waals surface area (Å²) < 4.78 is 11.6. The predicted octanol–water partition coefficient (Wildman–Crippen LogP) is 7.34. The number of fused-ring (bicyclic) bond motifs is 1. The Kier molecular flexibility index (Phi) is 11.3. The highest BCUT2D eigenvalue weighted by atomic mass is 35.5. The van der Waals surface area contributed by atoms with Crippen molar-refractivity contribution in [2.24, 2.45) is 0 Å². The number of aromatic nitrogens is 2. The average Bonchev–Trinajstić information content (AvgIpc) is 3.78. The van der Waals surface area contributed by atoms with Gasteiger partial charge in [0.05, 0.1) is 46.2 Å². The first-order valence-corrected chi connectivity index (χ1v) is 18.6.